The van der Waals surface area contributed by atoms with Gasteiger partial charge in [0.05, 0.1) is 29.5 Å². The molecule has 42 heavy (non-hydrogen) atoms. The molecule has 10 nitrogen and oxygen atoms in total. The highest BCUT2D eigenvalue weighted by atomic mass is 32.2. The molecule has 0 aliphatic carbocycles. The van der Waals surface area contributed by atoms with E-state index in [1.54, 1.807) is 72.5 Å². The summed E-state index contributed by atoms with van der Waals surface area (Å²) < 4.78 is 35.0. The average Bonchev–Trinajstić information content (AvgIpc) is 3.00. The number of aromatic carboxylic acids is 1. The lowest BCUT2D eigenvalue weighted by Crippen LogP contribution is -2.47. The van der Waals surface area contributed by atoms with Crippen molar-refractivity contribution in [1.29, 1.82) is 0 Å². The molecule has 224 valence electrons. The summed E-state index contributed by atoms with van der Waals surface area (Å²) in [5.74, 6) is -0.792. The largest absolute Gasteiger partial charge is 0.488 e. The molecule has 0 saturated heterocycles. The number of carboxylic acids is 1. The molecular weight excluding hydrogens is 558 g/mol. The summed E-state index contributed by atoms with van der Waals surface area (Å²) in [6, 6.07) is 19.3. The van der Waals surface area contributed by atoms with Crippen LogP contribution in [0.4, 0.5) is 5.69 Å². The predicted octanol–water partition coefficient (Wildman–Crippen LogP) is 3.47. The molecule has 3 N–H and O–H groups in total. The number of carbonyl (C=O) groups is 2. The molecule has 1 aliphatic rings. The highest BCUT2D eigenvalue weighted by Gasteiger charge is 2.31. The summed E-state index contributed by atoms with van der Waals surface area (Å²) in [6.45, 7) is 5.01. The maximum absolute atomic E-state index is 13.5. The highest BCUT2D eigenvalue weighted by molar-refractivity contribution is 7.92. The number of anilines is 1. The number of rotatable bonds is 10. The zero-order valence-corrected chi connectivity index (χ0v) is 24.8. The standard InChI is InChI=1S/C31H37N3O7S/c1-21-17-34(22(2)20-35)30(36)16-25-15-26(32-42(39,40)27-7-5-4-6-8-27)13-14-28(25)41-29(21)19-33(3)18-23-9-11-24(12-10-23)31(37)38/h4-15,21-22,29,32,35H,16-20H2,1-3H3,(H,37,38)/t21-,22-,29-/m0/s1. The van der Waals surface area contributed by atoms with Crippen LogP contribution in [0.5, 0.6) is 5.75 Å². The van der Waals surface area contributed by atoms with Gasteiger partial charge in [0.25, 0.3) is 10.0 Å². The number of fused-ring (bicyclic) bond motifs is 1. The van der Waals surface area contributed by atoms with E-state index in [1.807, 2.05) is 14.0 Å². The molecule has 4 rings (SSSR count). The van der Waals surface area contributed by atoms with E-state index >= 15 is 0 Å². The summed E-state index contributed by atoms with van der Waals surface area (Å²) in [7, 11) is -1.90. The number of sulfonamides is 1. The van der Waals surface area contributed by atoms with E-state index in [-0.39, 0.29) is 41.4 Å². The van der Waals surface area contributed by atoms with E-state index in [9.17, 15) is 28.2 Å². The maximum atomic E-state index is 13.5. The van der Waals surface area contributed by atoms with Gasteiger partial charge in [0.2, 0.25) is 5.91 Å². The Balaban J connectivity index is 1.60. The molecule has 0 aromatic heterocycles. The minimum Gasteiger partial charge on any atom is -0.488 e. The van der Waals surface area contributed by atoms with Gasteiger partial charge in [-0.25, -0.2) is 13.2 Å². The van der Waals surface area contributed by atoms with Gasteiger partial charge >= 0.3 is 5.97 Å². The van der Waals surface area contributed by atoms with Gasteiger partial charge in [0.15, 0.2) is 0 Å². The molecule has 0 saturated carbocycles. The molecule has 3 atom stereocenters. The van der Waals surface area contributed by atoms with Gasteiger partial charge in [-0.05, 0) is 62.0 Å². The zero-order chi connectivity index (χ0) is 30.4. The molecule has 1 heterocycles. The fraction of sp³-hybridized carbons (Fsp3) is 0.355. The average molecular weight is 596 g/mol. The number of hydrogen-bond donors (Lipinski definition) is 3. The third kappa shape index (κ3) is 7.67. The lowest BCUT2D eigenvalue weighted by molar-refractivity contribution is -0.134. The van der Waals surface area contributed by atoms with Crippen LogP contribution in [0.3, 0.4) is 0 Å². The Labute approximate surface area is 246 Å². The van der Waals surface area contributed by atoms with Gasteiger partial charge in [-0.3, -0.25) is 14.4 Å². The fourth-order valence-corrected chi connectivity index (χ4v) is 6.03. The topological polar surface area (TPSA) is 136 Å². The monoisotopic (exact) mass is 595 g/mol. The summed E-state index contributed by atoms with van der Waals surface area (Å²) in [5.41, 5.74) is 2.01. The van der Waals surface area contributed by atoms with Crippen molar-refractivity contribution in [2.75, 3.05) is 31.5 Å². The summed E-state index contributed by atoms with van der Waals surface area (Å²) in [4.78, 5) is 28.5. The number of amides is 1. The minimum absolute atomic E-state index is 0.0220. The lowest BCUT2D eigenvalue weighted by Gasteiger charge is -2.34. The second kappa shape index (κ2) is 13.4. The van der Waals surface area contributed by atoms with Crippen molar-refractivity contribution in [2.45, 2.75) is 43.9 Å². The van der Waals surface area contributed by atoms with E-state index in [1.165, 1.54) is 12.1 Å². The molecule has 0 fully saturated rings. The van der Waals surface area contributed by atoms with Crippen molar-refractivity contribution in [1.82, 2.24) is 9.80 Å². The summed E-state index contributed by atoms with van der Waals surface area (Å²) in [5, 5.41) is 19.1. The first-order valence-electron chi connectivity index (χ1n) is 13.8. The number of carbonyl (C=O) groups excluding carboxylic acids is 1. The Morgan fingerprint density at radius 2 is 1.81 bits per heavy atom. The summed E-state index contributed by atoms with van der Waals surface area (Å²) in [6.07, 6.45) is -0.371. The van der Waals surface area contributed by atoms with Gasteiger partial charge < -0.3 is 19.8 Å². The molecule has 0 unspecified atom stereocenters. The van der Waals surface area contributed by atoms with Crippen molar-refractivity contribution in [3.05, 3.63) is 89.5 Å². The molecule has 0 bridgehead atoms. The first-order valence-corrected chi connectivity index (χ1v) is 15.2. The summed E-state index contributed by atoms with van der Waals surface area (Å²) >= 11 is 0. The second-order valence-electron chi connectivity index (χ2n) is 10.8. The number of nitrogens with one attached hydrogen (secondary N) is 1. The minimum atomic E-state index is -3.84. The molecular formula is C31H37N3O7S. The van der Waals surface area contributed by atoms with Crippen molar-refractivity contribution in [3.8, 4) is 5.75 Å². The third-order valence-electron chi connectivity index (χ3n) is 7.37. The van der Waals surface area contributed by atoms with Crippen LogP contribution in [0.25, 0.3) is 0 Å². The first-order chi connectivity index (χ1) is 20.0. The van der Waals surface area contributed by atoms with Crippen molar-refractivity contribution in [3.63, 3.8) is 0 Å². The number of carboxylic acid groups (broad SMARTS) is 1. The molecule has 0 radical (unpaired) electrons. The number of hydrogen-bond acceptors (Lipinski definition) is 7. The Bertz CT molecular complexity index is 1500. The van der Waals surface area contributed by atoms with Gasteiger partial charge in [0.1, 0.15) is 11.9 Å². The van der Waals surface area contributed by atoms with E-state index in [0.29, 0.717) is 36.6 Å². The Kier molecular flexibility index (Phi) is 9.87. The number of benzene rings is 3. The molecule has 1 aliphatic heterocycles. The van der Waals surface area contributed by atoms with Crippen LogP contribution < -0.4 is 9.46 Å². The van der Waals surface area contributed by atoms with Crippen molar-refractivity contribution < 1.29 is 33.0 Å². The van der Waals surface area contributed by atoms with Crippen molar-refractivity contribution >= 4 is 27.6 Å². The van der Waals surface area contributed by atoms with Crippen LogP contribution in [0.15, 0.2) is 77.7 Å². The second-order valence-corrected chi connectivity index (χ2v) is 12.5. The van der Waals surface area contributed by atoms with Gasteiger partial charge in [-0.15, -0.1) is 0 Å². The van der Waals surface area contributed by atoms with E-state index in [2.05, 4.69) is 9.62 Å². The molecule has 11 heteroatoms. The third-order valence-corrected chi connectivity index (χ3v) is 8.76. The predicted molar refractivity (Wildman–Crippen MR) is 159 cm³/mol. The highest BCUT2D eigenvalue weighted by Crippen LogP contribution is 2.30. The number of aliphatic hydroxyl groups excluding tert-OH is 1. The molecule has 1 amide bonds. The van der Waals surface area contributed by atoms with Crippen LogP contribution in [0, 0.1) is 5.92 Å². The number of ether oxygens (including phenoxy) is 1. The lowest BCUT2D eigenvalue weighted by atomic mass is 10.0. The molecule has 0 spiro atoms. The molecule has 3 aromatic carbocycles. The van der Waals surface area contributed by atoms with E-state index in [0.717, 1.165) is 5.56 Å². The van der Waals surface area contributed by atoms with Crippen LogP contribution >= 0.6 is 0 Å². The Morgan fingerprint density at radius 3 is 2.45 bits per heavy atom. The quantitative estimate of drug-likeness (QED) is 0.324. The molecule has 3 aromatic rings. The number of likely N-dealkylation sites (N-methyl/N-ethyl adjacent to an activating group) is 1. The van der Waals surface area contributed by atoms with Gasteiger partial charge in [-0.1, -0.05) is 37.3 Å². The maximum Gasteiger partial charge on any atom is 0.335 e. The van der Waals surface area contributed by atoms with Gasteiger partial charge in [0, 0.05) is 36.8 Å². The van der Waals surface area contributed by atoms with Crippen LogP contribution in [0.1, 0.15) is 35.3 Å². The van der Waals surface area contributed by atoms with Crippen molar-refractivity contribution in [2.24, 2.45) is 5.92 Å². The van der Waals surface area contributed by atoms with Crippen LogP contribution in [0.2, 0.25) is 0 Å². The first kappa shape index (κ1) is 31.0. The Hall–Kier alpha value is -3.93. The normalized spacial score (nSPS) is 18.3. The fourth-order valence-electron chi connectivity index (χ4n) is 4.96. The van der Waals surface area contributed by atoms with Crippen LogP contribution in [-0.2, 0) is 27.8 Å². The van der Waals surface area contributed by atoms with E-state index in [4.69, 9.17) is 4.74 Å². The smallest absolute Gasteiger partial charge is 0.335 e. The zero-order valence-electron chi connectivity index (χ0n) is 23.9. The number of nitrogens with zero attached hydrogens (tertiary/aromatic N) is 2. The van der Waals surface area contributed by atoms with Crippen LogP contribution in [-0.4, -0.2) is 79.2 Å². The van der Waals surface area contributed by atoms with E-state index < -0.39 is 22.0 Å². The SMILES string of the molecule is C[C@H]1CN([C@@H](C)CO)C(=O)Cc2cc(NS(=O)(=O)c3ccccc3)ccc2O[C@H]1CN(C)Cc1ccc(C(=O)O)cc1. The number of aliphatic hydroxyl groups is 1. The Morgan fingerprint density at radius 1 is 1.12 bits per heavy atom. The van der Waals surface area contributed by atoms with Gasteiger partial charge in [-0.2, -0.15) is 0 Å².